The summed E-state index contributed by atoms with van der Waals surface area (Å²) in [7, 11) is -3.44. The molecule has 0 saturated heterocycles. The molecule has 0 bridgehead atoms. The molecule has 1 aromatic carbocycles. The van der Waals surface area contributed by atoms with Gasteiger partial charge >= 0.3 is 0 Å². The Morgan fingerprint density at radius 1 is 1.26 bits per heavy atom. The smallest absolute Gasteiger partial charge is 0.181 e. The molecule has 1 aromatic rings. The van der Waals surface area contributed by atoms with Crippen LogP contribution in [-0.2, 0) is 9.84 Å². The molecule has 1 aliphatic rings. The van der Waals surface area contributed by atoms with E-state index in [0.717, 1.165) is 6.07 Å². The Hall–Kier alpha value is -0.940. The third-order valence-corrected chi connectivity index (χ3v) is 6.26. The van der Waals surface area contributed by atoms with Gasteiger partial charge in [-0.15, -0.1) is 0 Å². The summed E-state index contributed by atoms with van der Waals surface area (Å²) in [6.45, 7) is 7.66. The quantitative estimate of drug-likeness (QED) is 0.908. The lowest BCUT2D eigenvalue weighted by atomic mass is 9.90. The van der Waals surface area contributed by atoms with E-state index in [1.807, 2.05) is 20.8 Å². The lowest BCUT2D eigenvalue weighted by Crippen LogP contribution is -2.43. The number of sulfone groups is 1. The molecule has 5 heteroatoms. The normalized spacial score (nSPS) is 29.3. The SMILES string of the molecule is CC(C)NC1c2ccc(F)cc2S(=O)(=O)C(C)C1C. The average Bonchev–Trinajstić information content (AvgIpc) is 2.32. The van der Waals surface area contributed by atoms with Gasteiger partial charge in [-0.05, 0) is 30.5 Å². The first-order valence-corrected chi connectivity index (χ1v) is 8.09. The van der Waals surface area contributed by atoms with E-state index >= 15 is 0 Å². The van der Waals surface area contributed by atoms with Crippen LogP contribution in [0.3, 0.4) is 0 Å². The topological polar surface area (TPSA) is 46.2 Å². The second-order valence-corrected chi connectivity index (χ2v) is 7.86. The first-order chi connectivity index (χ1) is 8.75. The second kappa shape index (κ2) is 4.87. The lowest BCUT2D eigenvalue weighted by molar-refractivity contribution is 0.336. The van der Waals surface area contributed by atoms with Crippen LogP contribution in [0.5, 0.6) is 0 Å². The van der Waals surface area contributed by atoms with Crippen molar-refractivity contribution >= 4 is 9.84 Å². The highest BCUT2D eigenvalue weighted by atomic mass is 32.2. The Bertz CT molecular complexity index is 583. The van der Waals surface area contributed by atoms with Gasteiger partial charge in [0.1, 0.15) is 5.82 Å². The van der Waals surface area contributed by atoms with Gasteiger partial charge in [0.2, 0.25) is 0 Å². The molecular formula is C14H20FNO2S. The highest BCUT2D eigenvalue weighted by molar-refractivity contribution is 7.92. The maximum atomic E-state index is 13.4. The Morgan fingerprint density at radius 3 is 2.47 bits per heavy atom. The molecule has 106 valence electrons. The fourth-order valence-electron chi connectivity index (χ4n) is 2.65. The molecule has 0 amide bonds. The van der Waals surface area contributed by atoms with Gasteiger partial charge in [-0.1, -0.05) is 26.8 Å². The Kier molecular flexibility index (Phi) is 3.71. The van der Waals surface area contributed by atoms with Crippen molar-refractivity contribution in [3.8, 4) is 0 Å². The van der Waals surface area contributed by atoms with Crippen LogP contribution < -0.4 is 5.32 Å². The summed E-state index contributed by atoms with van der Waals surface area (Å²) in [5, 5.41) is 2.87. The van der Waals surface area contributed by atoms with E-state index in [2.05, 4.69) is 5.32 Å². The first-order valence-electron chi connectivity index (χ1n) is 6.54. The summed E-state index contributed by atoms with van der Waals surface area (Å²) < 4.78 is 38.2. The van der Waals surface area contributed by atoms with Crippen molar-refractivity contribution < 1.29 is 12.8 Å². The number of hydrogen-bond acceptors (Lipinski definition) is 3. The summed E-state index contributed by atoms with van der Waals surface area (Å²) in [5.74, 6) is -0.558. The van der Waals surface area contributed by atoms with Crippen molar-refractivity contribution in [2.45, 2.75) is 49.9 Å². The van der Waals surface area contributed by atoms with Crippen LogP contribution in [0, 0.1) is 11.7 Å². The highest BCUT2D eigenvalue weighted by Gasteiger charge is 2.41. The molecule has 1 N–H and O–H groups in total. The Morgan fingerprint density at radius 2 is 1.89 bits per heavy atom. The van der Waals surface area contributed by atoms with Gasteiger partial charge in [0.15, 0.2) is 9.84 Å². The molecule has 19 heavy (non-hydrogen) atoms. The van der Waals surface area contributed by atoms with E-state index in [0.29, 0.717) is 5.56 Å². The summed E-state index contributed by atoms with van der Waals surface area (Å²) in [6.07, 6.45) is 0. The number of fused-ring (bicyclic) bond motifs is 1. The third-order valence-electron chi connectivity index (χ3n) is 3.89. The molecule has 3 nitrogen and oxygen atoms in total. The van der Waals surface area contributed by atoms with E-state index < -0.39 is 20.9 Å². The van der Waals surface area contributed by atoms with Crippen molar-refractivity contribution in [3.63, 3.8) is 0 Å². The van der Waals surface area contributed by atoms with Crippen molar-refractivity contribution in [1.82, 2.24) is 5.32 Å². The second-order valence-electron chi connectivity index (χ2n) is 5.59. The Labute approximate surface area is 114 Å². The fourth-order valence-corrected chi connectivity index (χ4v) is 4.57. The van der Waals surface area contributed by atoms with Gasteiger partial charge in [0, 0.05) is 12.1 Å². The van der Waals surface area contributed by atoms with Gasteiger partial charge in [-0.3, -0.25) is 0 Å². The lowest BCUT2D eigenvalue weighted by Gasteiger charge is -2.37. The number of rotatable bonds is 2. The minimum Gasteiger partial charge on any atom is -0.307 e. The fraction of sp³-hybridized carbons (Fsp3) is 0.571. The maximum absolute atomic E-state index is 13.4. The van der Waals surface area contributed by atoms with E-state index in [1.165, 1.54) is 6.07 Å². The monoisotopic (exact) mass is 285 g/mol. The number of nitrogens with one attached hydrogen (secondary N) is 1. The molecule has 0 spiro atoms. The molecule has 0 aliphatic carbocycles. The standard InChI is InChI=1S/C14H20FNO2S/c1-8(2)16-14-9(3)10(4)19(17,18)13-7-11(15)5-6-12(13)14/h5-10,14,16H,1-4H3. The van der Waals surface area contributed by atoms with Gasteiger partial charge in [0.05, 0.1) is 10.1 Å². The van der Waals surface area contributed by atoms with Gasteiger partial charge in [0.25, 0.3) is 0 Å². The van der Waals surface area contributed by atoms with Crippen molar-refractivity contribution in [3.05, 3.63) is 29.6 Å². The van der Waals surface area contributed by atoms with E-state index in [-0.39, 0.29) is 22.9 Å². The average molecular weight is 285 g/mol. The first kappa shape index (κ1) is 14.5. The zero-order chi connectivity index (χ0) is 14.4. The summed E-state index contributed by atoms with van der Waals surface area (Å²) in [5.41, 5.74) is 0.681. The number of benzene rings is 1. The van der Waals surface area contributed by atoms with E-state index in [9.17, 15) is 12.8 Å². The minimum atomic E-state index is -3.44. The zero-order valence-corrected chi connectivity index (χ0v) is 12.5. The van der Waals surface area contributed by atoms with E-state index in [4.69, 9.17) is 0 Å². The largest absolute Gasteiger partial charge is 0.307 e. The molecule has 2 rings (SSSR count). The maximum Gasteiger partial charge on any atom is 0.181 e. The van der Waals surface area contributed by atoms with Crippen LogP contribution in [0.15, 0.2) is 23.1 Å². The van der Waals surface area contributed by atoms with Crippen molar-refractivity contribution in [2.75, 3.05) is 0 Å². The van der Waals surface area contributed by atoms with E-state index in [1.54, 1.807) is 13.0 Å². The number of halogens is 1. The predicted octanol–water partition coefficient (Wildman–Crippen LogP) is 2.68. The predicted molar refractivity (Wildman–Crippen MR) is 73.2 cm³/mol. The molecule has 0 fully saturated rings. The summed E-state index contributed by atoms with van der Waals surface area (Å²) in [4.78, 5) is 0.135. The highest BCUT2D eigenvalue weighted by Crippen LogP contribution is 2.40. The minimum absolute atomic E-state index is 0.0506. The van der Waals surface area contributed by atoms with Crippen LogP contribution in [0.2, 0.25) is 0 Å². The van der Waals surface area contributed by atoms with Crippen LogP contribution in [-0.4, -0.2) is 19.7 Å². The van der Waals surface area contributed by atoms with Crippen LogP contribution in [0.25, 0.3) is 0 Å². The molecule has 0 saturated carbocycles. The van der Waals surface area contributed by atoms with Crippen molar-refractivity contribution in [2.24, 2.45) is 5.92 Å². The summed E-state index contributed by atoms with van der Waals surface area (Å²) >= 11 is 0. The molecule has 1 aliphatic heterocycles. The molecule has 1 heterocycles. The molecule has 0 radical (unpaired) electrons. The number of hydrogen-bond donors (Lipinski definition) is 1. The van der Waals surface area contributed by atoms with Crippen LogP contribution >= 0.6 is 0 Å². The third kappa shape index (κ3) is 2.41. The van der Waals surface area contributed by atoms with Crippen molar-refractivity contribution in [1.29, 1.82) is 0 Å². The zero-order valence-electron chi connectivity index (χ0n) is 11.6. The molecule has 3 unspecified atom stereocenters. The van der Waals surface area contributed by atoms with Gasteiger partial charge in [-0.25, -0.2) is 12.8 Å². The molecular weight excluding hydrogens is 265 g/mol. The molecule has 3 atom stereocenters. The van der Waals surface area contributed by atoms with Gasteiger partial charge < -0.3 is 5.32 Å². The van der Waals surface area contributed by atoms with Gasteiger partial charge in [-0.2, -0.15) is 0 Å². The summed E-state index contributed by atoms with van der Waals surface area (Å²) in [6, 6.07) is 4.23. The molecule has 0 aromatic heterocycles. The van der Waals surface area contributed by atoms with Crippen LogP contribution in [0.1, 0.15) is 39.3 Å². The van der Waals surface area contributed by atoms with Crippen LogP contribution in [0.4, 0.5) is 4.39 Å². The Balaban J connectivity index is 2.62.